The summed E-state index contributed by atoms with van der Waals surface area (Å²) in [5, 5.41) is 17.3. The molecule has 23 heavy (non-hydrogen) atoms. The number of aliphatic imine (C=N–C) groups is 1. The predicted octanol–water partition coefficient (Wildman–Crippen LogP) is 3.08. The molecule has 2 N–H and O–H groups in total. The Morgan fingerprint density at radius 1 is 1.17 bits per heavy atom. The maximum absolute atomic E-state index is 11.0. The van der Waals surface area contributed by atoms with Crippen LogP contribution in [0.4, 0.5) is 5.69 Å². The first-order valence-electron chi connectivity index (χ1n) is 7.38. The highest BCUT2D eigenvalue weighted by molar-refractivity contribution is 7.11. The van der Waals surface area contributed by atoms with Gasteiger partial charge in [-0.25, -0.2) is 0 Å². The standard InChI is InChI=1S/C16H20N4O2S/c1-3-13-8-9-14(23-13)11-19-16(17-2)18-10-12-6-4-5-7-15(12)20(21)22/h4-9H,3,10-11H2,1-2H3,(H2,17,18,19). The van der Waals surface area contributed by atoms with E-state index in [0.29, 0.717) is 24.6 Å². The van der Waals surface area contributed by atoms with E-state index in [1.165, 1.54) is 15.8 Å². The minimum atomic E-state index is -0.370. The fourth-order valence-electron chi connectivity index (χ4n) is 2.12. The van der Waals surface area contributed by atoms with Crippen LogP contribution in [0.1, 0.15) is 22.2 Å². The summed E-state index contributed by atoms with van der Waals surface area (Å²) in [5.74, 6) is 0.620. The molecule has 0 amide bonds. The average molecular weight is 332 g/mol. The lowest BCUT2D eigenvalue weighted by Gasteiger charge is -2.11. The number of thiophene rings is 1. The molecule has 0 saturated heterocycles. The second kappa shape index (κ2) is 8.28. The van der Waals surface area contributed by atoms with Crippen molar-refractivity contribution >= 4 is 23.0 Å². The number of nitro benzene ring substituents is 1. The monoisotopic (exact) mass is 332 g/mol. The smallest absolute Gasteiger partial charge is 0.274 e. The number of hydrogen-bond acceptors (Lipinski definition) is 4. The van der Waals surface area contributed by atoms with Crippen LogP contribution in [0, 0.1) is 10.1 Å². The molecule has 0 spiro atoms. The van der Waals surface area contributed by atoms with Gasteiger partial charge in [0.1, 0.15) is 0 Å². The number of hydrogen-bond donors (Lipinski definition) is 2. The van der Waals surface area contributed by atoms with E-state index in [0.717, 1.165) is 6.42 Å². The van der Waals surface area contributed by atoms with Gasteiger partial charge in [-0.05, 0) is 18.6 Å². The molecule has 0 saturated carbocycles. The third kappa shape index (κ3) is 4.79. The van der Waals surface area contributed by atoms with Crippen molar-refractivity contribution < 1.29 is 4.92 Å². The number of guanidine groups is 1. The quantitative estimate of drug-likeness (QED) is 0.369. The van der Waals surface area contributed by atoms with E-state index in [-0.39, 0.29) is 10.6 Å². The summed E-state index contributed by atoms with van der Waals surface area (Å²) in [7, 11) is 1.68. The van der Waals surface area contributed by atoms with Crippen molar-refractivity contribution in [3.05, 3.63) is 61.8 Å². The second-order valence-corrected chi connectivity index (χ2v) is 6.14. The van der Waals surface area contributed by atoms with Gasteiger partial charge in [0.05, 0.1) is 11.5 Å². The van der Waals surface area contributed by atoms with Crippen molar-refractivity contribution in [1.82, 2.24) is 10.6 Å². The molecule has 1 aromatic heterocycles. The van der Waals surface area contributed by atoms with E-state index >= 15 is 0 Å². The predicted molar refractivity (Wildman–Crippen MR) is 93.8 cm³/mol. The number of nitrogens with one attached hydrogen (secondary N) is 2. The van der Waals surface area contributed by atoms with Gasteiger partial charge in [0.15, 0.2) is 5.96 Å². The van der Waals surface area contributed by atoms with Gasteiger partial charge in [-0.2, -0.15) is 0 Å². The van der Waals surface area contributed by atoms with E-state index in [1.54, 1.807) is 36.6 Å². The maximum atomic E-state index is 11.0. The highest BCUT2D eigenvalue weighted by Crippen LogP contribution is 2.17. The Balaban J connectivity index is 1.92. The van der Waals surface area contributed by atoms with Crippen molar-refractivity contribution in [1.29, 1.82) is 0 Å². The fourth-order valence-corrected chi connectivity index (χ4v) is 3.01. The summed E-state index contributed by atoms with van der Waals surface area (Å²) in [4.78, 5) is 17.4. The van der Waals surface area contributed by atoms with Crippen LogP contribution in [-0.2, 0) is 19.5 Å². The molecule has 0 radical (unpaired) electrons. The summed E-state index contributed by atoms with van der Waals surface area (Å²) in [5.41, 5.74) is 0.742. The molecule has 1 aromatic carbocycles. The fraction of sp³-hybridized carbons (Fsp3) is 0.312. The first kappa shape index (κ1) is 17.0. The zero-order chi connectivity index (χ0) is 16.7. The molecule has 0 atom stereocenters. The first-order valence-corrected chi connectivity index (χ1v) is 8.20. The Labute approximate surface area is 139 Å². The lowest BCUT2D eigenvalue weighted by Crippen LogP contribution is -2.36. The molecule has 122 valence electrons. The number of nitrogens with zero attached hydrogens (tertiary/aromatic N) is 2. The van der Waals surface area contributed by atoms with Crippen LogP contribution in [0.25, 0.3) is 0 Å². The Kier molecular flexibility index (Phi) is 6.10. The average Bonchev–Trinajstić information content (AvgIpc) is 3.03. The van der Waals surface area contributed by atoms with E-state index in [9.17, 15) is 10.1 Å². The largest absolute Gasteiger partial charge is 0.352 e. The van der Waals surface area contributed by atoms with Crippen molar-refractivity contribution in [2.24, 2.45) is 4.99 Å². The third-order valence-corrected chi connectivity index (χ3v) is 4.58. The van der Waals surface area contributed by atoms with E-state index in [1.807, 2.05) is 0 Å². The van der Waals surface area contributed by atoms with E-state index in [2.05, 4.69) is 34.7 Å². The molecule has 0 aliphatic rings. The Hall–Kier alpha value is -2.41. The summed E-state index contributed by atoms with van der Waals surface area (Å²) in [6.07, 6.45) is 1.04. The van der Waals surface area contributed by atoms with Crippen molar-refractivity contribution in [2.75, 3.05) is 7.05 Å². The first-order chi connectivity index (χ1) is 11.1. The lowest BCUT2D eigenvalue weighted by atomic mass is 10.2. The summed E-state index contributed by atoms with van der Waals surface area (Å²) < 4.78 is 0. The highest BCUT2D eigenvalue weighted by atomic mass is 32.1. The van der Waals surface area contributed by atoms with Gasteiger partial charge >= 0.3 is 0 Å². The highest BCUT2D eigenvalue weighted by Gasteiger charge is 2.12. The molecule has 0 aliphatic heterocycles. The van der Waals surface area contributed by atoms with Crippen LogP contribution < -0.4 is 10.6 Å². The van der Waals surface area contributed by atoms with Gasteiger partial charge in [0.2, 0.25) is 0 Å². The van der Waals surface area contributed by atoms with Crippen molar-refractivity contribution in [2.45, 2.75) is 26.4 Å². The number of benzene rings is 1. The number of nitro groups is 1. The van der Waals surface area contributed by atoms with Crippen molar-refractivity contribution in [3.8, 4) is 0 Å². The zero-order valence-corrected chi connectivity index (χ0v) is 14.0. The molecule has 0 unspecified atom stereocenters. The Morgan fingerprint density at radius 3 is 2.52 bits per heavy atom. The number of para-hydroxylation sites is 1. The number of rotatable bonds is 6. The molecule has 6 nitrogen and oxygen atoms in total. The van der Waals surface area contributed by atoms with Crippen LogP contribution in [-0.4, -0.2) is 17.9 Å². The summed E-state index contributed by atoms with van der Waals surface area (Å²) in [6, 6.07) is 10.9. The molecule has 0 fully saturated rings. The molecule has 0 aliphatic carbocycles. The molecule has 2 rings (SSSR count). The van der Waals surface area contributed by atoms with Gasteiger partial charge < -0.3 is 10.6 Å². The summed E-state index contributed by atoms with van der Waals surface area (Å²) in [6.45, 7) is 3.17. The van der Waals surface area contributed by atoms with Crippen LogP contribution >= 0.6 is 11.3 Å². The van der Waals surface area contributed by atoms with Gasteiger partial charge in [-0.15, -0.1) is 11.3 Å². The normalized spacial score (nSPS) is 11.3. The zero-order valence-electron chi connectivity index (χ0n) is 13.2. The summed E-state index contributed by atoms with van der Waals surface area (Å²) >= 11 is 1.77. The Bertz CT molecular complexity index is 697. The second-order valence-electron chi connectivity index (χ2n) is 4.89. The maximum Gasteiger partial charge on any atom is 0.274 e. The van der Waals surface area contributed by atoms with Gasteiger partial charge in [-0.1, -0.05) is 25.1 Å². The molecular weight excluding hydrogens is 312 g/mol. The lowest BCUT2D eigenvalue weighted by molar-refractivity contribution is -0.385. The molecular formula is C16H20N4O2S. The van der Waals surface area contributed by atoms with Crippen LogP contribution in [0.2, 0.25) is 0 Å². The molecule has 1 heterocycles. The van der Waals surface area contributed by atoms with E-state index in [4.69, 9.17) is 0 Å². The molecule has 0 bridgehead atoms. The number of aryl methyl sites for hydroxylation is 1. The van der Waals surface area contributed by atoms with Crippen LogP contribution in [0.15, 0.2) is 41.4 Å². The minimum Gasteiger partial charge on any atom is -0.352 e. The molecule has 7 heteroatoms. The Morgan fingerprint density at radius 2 is 1.87 bits per heavy atom. The minimum absolute atomic E-state index is 0.112. The third-order valence-electron chi connectivity index (χ3n) is 3.35. The van der Waals surface area contributed by atoms with Crippen LogP contribution in [0.3, 0.4) is 0 Å². The topological polar surface area (TPSA) is 79.6 Å². The van der Waals surface area contributed by atoms with Gasteiger partial charge in [0.25, 0.3) is 5.69 Å². The SMILES string of the molecule is CCc1ccc(CNC(=NC)NCc2ccccc2[N+](=O)[O-])s1. The van der Waals surface area contributed by atoms with Gasteiger partial charge in [-0.3, -0.25) is 15.1 Å². The van der Waals surface area contributed by atoms with Gasteiger partial charge in [0, 0.05) is 35.0 Å². The molecule has 2 aromatic rings. The van der Waals surface area contributed by atoms with E-state index < -0.39 is 0 Å². The van der Waals surface area contributed by atoms with Crippen molar-refractivity contribution in [3.63, 3.8) is 0 Å². The van der Waals surface area contributed by atoms with Crippen LogP contribution in [0.5, 0.6) is 0 Å².